The van der Waals surface area contributed by atoms with Crippen LogP contribution in [0.5, 0.6) is 0 Å². The van der Waals surface area contributed by atoms with Crippen LogP contribution in [0.25, 0.3) is 0 Å². The highest BCUT2D eigenvalue weighted by Gasteiger charge is 2.17. The quantitative estimate of drug-likeness (QED) is 0.827. The summed E-state index contributed by atoms with van der Waals surface area (Å²) in [7, 11) is 0. The Kier molecular flexibility index (Phi) is 5.44. The highest BCUT2D eigenvalue weighted by Crippen LogP contribution is 2.26. The molecule has 3 nitrogen and oxygen atoms in total. The Labute approximate surface area is 117 Å². The summed E-state index contributed by atoms with van der Waals surface area (Å²) >= 11 is 0. The van der Waals surface area contributed by atoms with Gasteiger partial charge in [-0.25, -0.2) is 0 Å². The summed E-state index contributed by atoms with van der Waals surface area (Å²) in [5, 5.41) is 4.51. The van der Waals surface area contributed by atoms with Crippen molar-refractivity contribution in [3.8, 4) is 0 Å². The molecule has 1 unspecified atom stereocenters. The smallest absolute Gasteiger partial charge is 0.0596 e. The average molecular weight is 263 g/mol. The minimum atomic E-state index is 0.296. The van der Waals surface area contributed by atoms with E-state index in [2.05, 4.69) is 29.7 Å². The van der Waals surface area contributed by atoms with Gasteiger partial charge in [0.2, 0.25) is 0 Å². The van der Waals surface area contributed by atoms with Crippen molar-refractivity contribution in [2.24, 2.45) is 11.7 Å². The summed E-state index contributed by atoms with van der Waals surface area (Å²) in [6, 6.07) is 2.49. The van der Waals surface area contributed by atoms with Crippen molar-refractivity contribution in [1.29, 1.82) is 0 Å². The molecular formula is C16H29N3. The molecule has 0 radical (unpaired) electrons. The van der Waals surface area contributed by atoms with Gasteiger partial charge in [0.15, 0.2) is 0 Å². The lowest BCUT2D eigenvalue weighted by atomic mass is 9.91. The summed E-state index contributed by atoms with van der Waals surface area (Å²) in [6.45, 7) is 5.15. The first kappa shape index (κ1) is 14.6. The third kappa shape index (κ3) is 4.34. The number of rotatable bonds is 5. The molecule has 1 aliphatic rings. The summed E-state index contributed by atoms with van der Waals surface area (Å²) in [6.07, 6.45) is 10.6. The molecule has 19 heavy (non-hydrogen) atoms. The molecule has 108 valence electrons. The third-order valence-corrected chi connectivity index (χ3v) is 4.37. The van der Waals surface area contributed by atoms with Gasteiger partial charge in [-0.2, -0.15) is 5.10 Å². The van der Waals surface area contributed by atoms with Gasteiger partial charge >= 0.3 is 0 Å². The van der Waals surface area contributed by atoms with E-state index in [1.807, 2.05) is 0 Å². The van der Waals surface area contributed by atoms with Crippen LogP contribution in [-0.2, 0) is 13.0 Å². The second-order valence-electron chi connectivity index (χ2n) is 6.15. The van der Waals surface area contributed by atoms with E-state index in [1.54, 1.807) is 0 Å². The second kappa shape index (κ2) is 7.09. The van der Waals surface area contributed by atoms with Gasteiger partial charge in [-0.1, -0.05) is 38.5 Å². The molecule has 1 saturated carbocycles. The minimum Gasteiger partial charge on any atom is -0.327 e. The van der Waals surface area contributed by atoms with Crippen molar-refractivity contribution in [2.45, 2.75) is 77.8 Å². The van der Waals surface area contributed by atoms with E-state index in [9.17, 15) is 0 Å². The van der Waals surface area contributed by atoms with Crippen molar-refractivity contribution in [1.82, 2.24) is 9.78 Å². The first-order valence-electron chi connectivity index (χ1n) is 7.98. The first-order valence-corrected chi connectivity index (χ1v) is 7.98. The third-order valence-electron chi connectivity index (χ3n) is 4.37. The predicted molar refractivity (Wildman–Crippen MR) is 80.1 cm³/mol. The maximum Gasteiger partial charge on any atom is 0.0596 e. The van der Waals surface area contributed by atoms with E-state index in [0.29, 0.717) is 6.04 Å². The Morgan fingerprint density at radius 3 is 2.63 bits per heavy atom. The normalized spacial score (nSPS) is 19.3. The van der Waals surface area contributed by atoms with Crippen LogP contribution in [0.1, 0.15) is 63.3 Å². The monoisotopic (exact) mass is 263 g/mol. The van der Waals surface area contributed by atoms with Crippen LogP contribution >= 0.6 is 0 Å². The van der Waals surface area contributed by atoms with Crippen molar-refractivity contribution < 1.29 is 0 Å². The Bertz CT molecular complexity index is 375. The zero-order valence-corrected chi connectivity index (χ0v) is 12.6. The zero-order chi connectivity index (χ0) is 13.7. The molecule has 0 aliphatic heterocycles. The summed E-state index contributed by atoms with van der Waals surface area (Å²) in [4.78, 5) is 0. The van der Waals surface area contributed by atoms with E-state index < -0.39 is 0 Å². The number of nitrogens with zero attached hydrogens (tertiary/aromatic N) is 2. The summed E-state index contributed by atoms with van der Waals surface area (Å²) in [5.41, 5.74) is 8.80. The molecule has 3 heteroatoms. The lowest BCUT2D eigenvalue weighted by Gasteiger charge is -2.19. The highest BCUT2D eigenvalue weighted by molar-refractivity contribution is 5.10. The lowest BCUT2D eigenvalue weighted by Crippen LogP contribution is -2.27. The molecular weight excluding hydrogens is 234 g/mol. The van der Waals surface area contributed by atoms with Crippen LogP contribution < -0.4 is 5.73 Å². The molecule has 1 atom stereocenters. The Morgan fingerprint density at radius 2 is 2.00 bits per heavy atom. The lowest BCUT2D eigenvalue weighted by molar-refractivity contribution is 0.383. The molecule has 1 aromatic rings. The van der Waals surface area contributed by atoms with Crippen molar-refractivity contribution >= 4 is 0 Å². The van der Waals surface area contributed by atoms with E-state index in [4.69, 9.17) is 5.73 Å². The Morgan fingerprint density at radius 1 is 1.32 bits per heavy atom. The van der Waals surface area contributed by atoms with Crippen LogP contribution in [0.2, 0.25) is 0 Å². The molecule has 0 saturated heterocycles. The van der Waals surface area contributed by atoms with Crippen molar-refractivity contribution in [3.63, 3.8) is 0 Å². The summed E-state index contributed by atoms with van der Waals surface area (Å²) in [5.74, 6) is 0.858. The number of hydrogen-bond acceptors (Lipinski definition) is 2. The topological polar surface area (TPSA) is 43.8 Å². The fraction of sp³-hybridized carbons (Fsp3) is 0.812. The maximum atomic E-state index is 6.38. The van der Waals surface area contributed by atoms with Crippen LogP contribution in [0.15, 0.2) is 6.07 Å². The maximum absolute atomic E-state index is 6.38. The molecule has 1 aliphatic carbocycles. The Balaban J connectivity index is 1.87. The molecule has 0 spiro atoms. The molecule has 0 bridgehead atoms. The summed E-state index contributed by atoms with van der Waals surface area (Å²) < 4.78 is 2.10. The molecule has 0 aromatic carbocycles. The molecule has 2 N–H and O–H groups in total. The number of nitrogens with two attached hydrogens (primary N) is 1. The number of hydrogen-bond donors (Lipinski definition) is 1. The van der Waals surface area contributed by atoms with Crippen LogP contribution in [-0.4, -0.2) is 15.8 Å². The van der Waals surface area contributed by atoms with Crippen molar-refractivity contribution in [2.75, 3.05) is 0 Å². The van der Waals surface area contributed by atoms with Gasteiger partial charge in [0.25, 0.3) is 0 Å². The van der Waals surface area contributed by atoms with Gasteiger partial charge in [0.05, 0.1) is 5.69 Å². The zero-order valence-electron chi connectivity index (χ0n) is 12.6. The van der Waals surface area contributed by atoms with Gasteiger partial charge in [-0.05, 0) is 32.3 Å². The van der Waals surface area contributed by atoms with Gasteiger partial charge in [0.1, 0.15) is 0 Å². The fourth-order valence-electron chi connectivity index (χ4n) is 3.42. The number of aromatic nitrogens is 2. The van der Waals surface area contributed by atoms with Crippen LogP contribution in [0, 0.1) is 12.8 Å². The molecule has 2 rings (SSSR count). The largest absolute Gasteiger partial charge is 0.327 e. The predicted octanol–water partition coefficient (Wildman–Crippen LogP) is 3.44. The van der Waals surface area contributed by atoms with Gasteiger partial charge in [-0.15, -0.1) is 0 Å². The van der Waals surface area contributed by atoms with Crippen molar-refractivity contribution in [3.05, 3.63) is 17.5 Å². The number of aryl methyl sites for hydroxylation is 2. The standard InChI is InChI=1S/C16H29N3/c1-3-19-16(10-13(2)18-19)12-15(17)11-14-8-6-4-5-7-9-14/h10,14-15H,3-9,11-12,17H2,1-2H3. The molecule has 1 heterocycles. The minimum absolute atomic E-state index is 0.296. The Hall–Kier alpha value is -0.830. The van der Waals surface area contributed by atoms with E-state index in [-0.39, 0.29) is 0 Å². The van der Waals surface area contributed by atoms with E-state index >= 15 is 0 Å². The van der Waals surface area contributed by atoms with E-state index in [1.165, 1.54) is 50.6 Å². The SMILES string of the molecule is CCn1nc(C)cc1CC(N)CC1CCCCCC1. The fourth-order valence-corrected chi connectivity index (χ4v) is 3.42. The molecule has 0 amide bonds. The van der Waals surface area contributed by atoms with Gasteiger partial charge in [-0.3, -0.25) is 4.68 Å². The van der Waals surface area contributed by atoms with E-state index in [0.717, 1.165) is 24.6 Å². The van der Waals surface area contributed by atoms with Crippen LogP contribution in [0.3, 0.4) is 0 Å². The highest BCUT2D eigenvalue weighted by atomic mass is 15.3. The average Bonchev–Trinajstić information content (AvgIpc) is 2.58. The van der Waals surface area contributed by atoms with Crippen LogP contribution in [0.4, 0.5) is 0 Å². The van der Waals surface area contributed by atoms with Gasteiger partial charge < -0.3 is 5.73 Å². The molecule has 1 aromatic heterocycles. The molecule has 1 fully saturated rings. The van der Waals surface area contributed by atoms with Gasteiger partial charge in [0, 0.05) is 24.7 Å². The first-order chi connectivity index (χ1) is 9.19. The second-order valence-corrected chi connectivity index (χ2v) is 6.15.